The summed E-state index contributed by atoms with van der Waals surface area (Å²) in [6.07, 6.45) is 0. The van der Waals surface area contributed by atoms with Crippen LogP contribution in [0.2, 0.25) is 0 Å². The second-order valence-electron chi connectivity index (χ2n) is 3.56. The Morgan fingerprint density at radius 2 is 2.24 bits per heavy atom. The maximum Gasteiger partial charge on any atom is 0.346 e. The van der Waals surface area contributed by atoms with E-state index >= 15 is 0 Å². The van der Waals surface area contributed by atoms with Crippen LogP contribution in [-0.2, 0) is 11.3 Å². The zero-order valence-electron chi connectivity index (χ0n) is 9.90. The molecule has 0 saturated heterocycles. The van der Waals surface area contributed by atoms with Crippen LogP contribution in [0.3, 0.4) is 0 Å². The zero-order valence-corrected chi connectivity index (χ0v) is 10.7. The summed E-state index contributed by atoms with van der Waals surface area (Å²) >= 11 is 1.21. The molecule has 94 valence electrons. The molecule has 17 heavy (non-hydrogen) atoms. The van der Waals surface area contributed by atoms with Gasteiger partial charge in [0, 0.05) is 13.6 Å². The number of carboxylic acid groups (broad SMARTS) is 1. The van der Waals surface area contributed by atoms with Gasteiger partial charge >= 0.3 is 5.97 Å². The average Bonchev–Trinajstić information content (AvgIpc) is 2.76. The minimum absolute atomic E-state index is 0.0704. The van der Waals surface area contributed by atoms with Crippen molar-refractivity contribution >= 4 is 23.2 Å². The molecule has 0 aliphatic rings. The molecular formula is C11H16N2O3S. The van der Waals surface area contributed by atoms with Crippen LogP contribution < -0.4 is 5.32 Å². The van der Waals surface area contributed by atoms with E-state index in [-0.39, 0.29) is 12.5 Å². The Balaban J connectivity index is 2.70. The van der Waals surface area contributed by atoms with E-state index in [9.17, 15) is 9.59 Å². The van der Waals surface area contributed by atoms with Gasteiger partial charge in [-0.2, -0.15) is 0 Å². The van der Waals surface area contributed by atoms with Crippen molar-refractivity contribution in [2.24, 2.45) is 0 Å². The van der Waals surface area contributed by atoms with Gasteiger partial charge in [-0.1, -0.05) is 6.92 Å². The molecule has 1 aromatic heterocycles. The molecule has 0 bridgehead atoms. The minimum atomic E-state index is -0.911. The maximum atomic E-state index is 11.3. The van der Waals surface area contributed by atoms with Crippen molar-refractivity contribution in [2.75, 3.05) is 20.1 Å². The van der Waals surface area contributed by atoms with Crippen LogP contribution in [0.4, 0.5) is 0 Å². The zero-order chi connectivity index (χ0) is 12.8. The largest absolute Gasteiger partial charge is 0.477 e. The molecule has 0 saturated carbocycles. The SMILES string of the molecule is CCN(CC(=O)NC)Cc1ccsc1C(=O)O. The molecule has 0 aromatic carbocycles. The first kappa shape index (κ1) is 13.7. The van der Waals surface area contributed by atoms with E-state index in [0.717, 1.165) is 5.56 Å². The first-order valence-corrected chi connectivity index (χ1v) is 6.19. The number of carboxylic acids is 1. The molecule has 6 heteroatoms. The highest BCUT2D eigenvalue weighted by atomic mass is 32.1. The lowest BCUT2D eigenvalue weighted by Crippen LogP contribution is -2.35. The summed E-state index contributed by atoms with van der Waals surface area (Å²) in [4.78, 5) is 24.4. The van der Waals surface area contributed by atoms with Gasteiger partial charge in [-0.15, -0.1) is 11.3 Å². The van der Waals surface area contributed by atoms with Gasteiger partial charge in [0.15, 0.2) is 0 Å². The molecule has 0 radical (unpaired) electrons. The van der Waals surface area contributed by atoms with Crippen molar-refractivity contribution in [2.45, 2.75) is 13.5 Å². The van der Waals surface area contributed by atoms with Crippen LogP contribution in [-0.4, -0.2) is 42.0 Å². The summed E-state index contributed by atoms with van der Waals surface area (Å²) in [5.74, 6) is -0.982. The normalized spacial score (nSPS) is 10.5. The number of hydrogen-bond donors (Lipinski definition) is 2. The molecule has 1 heterocycles. The number of nitrogens with one attached hydrogen (secondary N) is 1. The second-order valence-corrected chi connectivity index (χ2v) is 4.47. The fraction of sp³-hybridized carbons (Fsp3) is 0.455. The van der Waals surface area contributed by atoms with Gasteiger partial charge in [0.1, 0.15) is 4.88 Å². The van der Waals surface area contributed by atoms with Gasteiger partial charge in [0.05, 0.1) is 6.54 Å². The van der Waals surface area contributed by atoms with E-state index < -0.39 is 5.97 Å². The van der Waals surface area contributed by atoms with Crippen LogP contribution in [0.25, 0.3) is 0 Å². The van der Waals surface area contributed by atoms with E-state index in [4.69, 9.17) is 5.11 Å². The lowest BCUT2D eigenvalue weighted by atomic mass is 10.2. The summed E-state index contributed by atoms with van der Waals surface area (Å²) in [5.41, 5.74) is 0.758. The lowest BCUT2D eigenvalue weighted by Gasteiger charge is -2.19. The van der Waals surface area contributed by atoms with Crippen LogP contribution >= 0.6 is 11.3 Å². The predicted molar refractivity (Wildman–Crippen MR) is 66.3 cm³/mol. The monoisotopic (exact) mass is 256 g/mol. The van der Waals surface area contributed by atoms with Crippen molar-refractivity contribution in [3.05, 3.63) is 21.9 Å². The molecule has 0 fully saturated rings. The topological polar surface area (TPSA) is 69.6 Å². The number of likely N-dealkylation sites (N-methyl/N-ethyl adjacent to an activating group) is 2. The fourth-order valence-corrected chi connectivity index (χ4v) is 2.20. The Morgan fingerprint density at radius 1 is 1.53 bits per heavy atom. The Kier molecular flexibility index (Phi) is 5.11. The first-order chi connectivity index (χ1) is 8.08. The third kappa shape index (κ3) is 3.83. The molecule has 0 unspecified atom stereocenters. The van der Waals surface area contributed by atoms with Crippen molar-refractivity contribution in [3.8, 4) is 0 Å². The summed E-state index contributed by atoms with van der Waals surface area (Å²) in [7, 11) is 1.59. The number of carbonyl (C=O) groups is 2. The molecular weight excluding hydrogens is 240 g/mol. The van der Waals surface area contributed by atoms with Gasteiger partial charge in [0.25, 0.3) is 0 Å². The van der Waals surface area contributed by atoms with E-state index in [1.807, 2.05) is 11.8 Å². The standard InChI is InChI=1S/C11H16N2O3S/c1-3-13(7-9(14)12-2)6-8-4-5-17-10(8)11(15)16/h4-5H,3,6-7H2,1-2H3,(H,12,14)(H,15,16). The number of nitrogens with zero attached hydrogens (tertiary/aromatic N) is 1. The maximum absolute atomic E-state index is 11.3. The summed E-state index contributed by atoms with van der Waals surface area (Å²) in [6, 6.07) is 1.79. The van der Waals surface area contributed by atoms with E-state index in [1.54, 1.807) is 18.5 Å². The van der Waals surface area contributed by atoms with Gasteiger partial charge in [0.2, 0.25) is 5.91 Å². The predicted octanol–water partition coefficient (Wildman–Crippen LogP) is 1.01. The van der Waals surface area contributed by atoms with Crippen molar-refractivity contribution < 1.29 is 14.7 Å². The van der Waals surface area contributed by atoms with Crippen LogP contribution in [0.5, 0.6) is 0 Å². The Labute approximate surface area is 104 Å². The minimum Gasteiger partial charge on any atom is -0.477 e. The highest BCUT2D eigenvalue weighted by Gasteiger charge is 2.15. The second kappa shape index (κ2) is 6.36. The number of carbonyl (C=O) groups excluding carboxylic acids is 1. The van der Waals surface area contributed by atoms with Crippen molar-refractivity contribution in [1.29, 1.82) is 0 Å². The van der Waals surface area contributed by atoms with E-state index in [2.05, 4.69) is 5.32 Å². The molecule has 0 aliphatic heterocycles. The lowest BCUT2D eigenvalue weighted by molar-refractivity contribution is -0.121. The smallest absolute Gasteiger partial charge is 0.346 e. The van der Waals surface area contributed by atoms with Gasteiger partial charge in [-0.05, 0) is 23.6 Å². The van der Waals surface area contributed by atoms with Crippen molar-refractivity contribution in [3.63, 3.8) is 0 Å². The van der Waals surface area contributed by atoms with Gasteiger partial charge < -0.3 is 10.4 Å². The highest BCUT2D eigenvalue weighted by molar-refractivity contribution is 7.12. The summed E-state index contributed by atoms with van der Waals surface area (Å²) < 4.78 is 0. The fourth-order valence-electron chi connectivity index (χ4n) is 1.45. The Bertz CT molecular complexity index is 403. The van der Waals surface area contributed by atoms with Crippen molar-refractivity contribution in [1.82, 2.24) is 10.2 Å². The molecule has 1 amide bonds. The number of rotatable bonds is 6. The molecule has 1 rings (SSSR count). The number of thiophene rings is 1. The van der Waals surface area contributed by atoms with E-state index in [0.29, 0.717) is 18.0 Å². The molecule has 0 atom stereocenters. The summed E-state index contributed by atoms with van der Waals surface area (Å²) in [5, 5.41) is 13.3. The quantitative estimate of drug-likeness (QED) is 0.797. The Hall–Kier alpha value is -1.40. The molecule has 1 aromatic rings. The third-order valence-electron chi connectivity index (χ3n) is 2.43. The molecule has 2 N–H and O–H groups in total. The Morgan fingerprint density at radius 3 is 2.76 bits per heavy atom. The van der Waals surface area contributed by atoms with Crippen LogP contribution in [0, 0.1) is 0 Å². The average molecular weight is 256 g/mol. The van der Waals surface area contributed by atoms with Gasteiger partial charge in [-0.3, -0.25) is 9.69 Å². The highest BCUT2D eigenvalue weighted by Crippen LogP contribution is 2.18. The first-order valence-electron chi connectivity index (χ1n) is 5.31. The molecule has 0 spiro atoms. The molecule has 5 nitrogen and oxygen atoms in total. The number of aromatic carboxylic acids is 1. The number of amides is 1. The van der Waals surface area contributed by atoms with Crippen LogP contribution in [0.15, 0.2) is 11.4 Å². The van der Waals surface area contributed by atoms with Gasteiger partial charge in [-0.25, -0.2) is 4.79 Å². The van der Waals surface area contributed by atoms with Crippen LogP contribution in [0.1, 0.15) is 22.2 Å². The summed E-state index contributed by atoms with van der Waals surface area (Å²) in [6.45, 7) is 3.40. The van der Waals surface area contributed by atoms with E-state index in [1.165, 1.54) is 11.3 Å². The third-order valence-corrected chi connectivity index (χ3v) is 3.37. The molecule has 0 aliphatic carbocycles. The number of hydrogen-bond acceptors (Lipinski definition) is 4.